The minimum Gasteiger partial charge on any atom is -0.507 e. The van der Waals surface area contributed by atoms with Crippen LogP contribution < -0.4 is 0 Å². The first kappa shape index (κ1) is 22.4. The van der Waals surface area contributed by atoms with Gasteiger partial charge in [0.1, 0.15) is 16.4 Å². The first-order chi connectivity index (χ1) is 15.2. The van der Waals surface area contributed by atoms with Gasteiger partial charge in [-0.3, -0.25) is 0 Å². The molecule has 0 amide bonds. The monoisotopic (exact) mass is 478 g/mol. The summed E-state index contributed by atoms with van der Waals surface area (Å²) in [6.07, 6.45) is 4.45. The van der Waals surface area contributed by atoms with Crippen molar-refractivity contribution in [1.29, 1.82) is 0 Å². The van der Waals surface area contributed by atoms with E-state index in [0.29, 0.717) is 5.69 Å². The molecule has 1 aliphatic rings. The number of nitrogens with zero attached hydrogens (tertiary/aromatic N) is 4. The molecule has 9 nitrogen and oxygen atoms in total. The van der Waals surface area contributed by atoms with Crippen LogP contribution in [0.3, 0.4) is 0 Å². The van der Waals surface area contributed by atoms with Crippen molar-refractivity contribution in [3.8, 4) is 34.6 Å². The molecular formula is C21H23ClN4O5S. The maximum absolute atomic E-state index is 13.3. The van der Waals surface area contributed by atoms with E-state index in [0.717, 1.165) is 44.2 Å². The fraction of sp³-hybridized carbons (Fsp3) is 0.333. The Morgan fingerprint density at radius 3 is 2.41 bits per heavy atom. The summed E-state index contributed by atoms with van der Waals surface area (Å²) in [5, 5.41) is 39.0. The van der Waals surface area contributed by atoms with Gasteiger partial charge in [-0.15, -0.1) is 5.10 Å². The van der Waals surface area contributed by atoms with E-state index >= 15 is 0 Å². The van der Waals surface area contributed by atoms with E-state index in [9.17, 15) is 23.7 Å². The predicted molar refractivity (Wildman–Crippen MR) is 119 cm³/mol. The molecule has 170 valence electrons. The van der Waals surface area contributed by atoms with E-state index in [2.05, 4.69) is 10.2 Å². The number of sulfonamides is 1. The molecule has 0 aliphatic heterocycles. The number of para-hydroxylation sites is 1. The first-order valence-electron chi connectivity index (χ1n) is 10.2. The van der Waals surface area contributed by atoms with Crippen LogP contribution in [0, 0.1) is 0 Å². The second-order valence-electron chi connectivity index (χ2n) is 7.76. The van der Waals surface area contributed by atoms with Gasteiger partial charge in [0.05, 0.1) is 16.3 Å². The van der Waals surface area contributed by atoms with E-state index < -0.39 is 27.5 Å². The Balaban J connectivity index is 1.84. The Labute approximate surface area is 190 Å². The summed E-state index contributed by atoms with van der Waals surface area (Å²) in [6.45, 7) is 0. The number of benzene rings is 2. The largest absolute Gasteiger partial charge is 0.507 e. The van der Waals surface area contributed by atoms with Crippen LogP contribution in [0.4, 0.5) is 0 Å². The standard InChI is InChI=1S/C21H23ClN4O5S/c1-25(13-7-3-2-4-8-13)32(30,31)19-11-14(17(27)12-18(19)28)20-23-24-21(29)26(20)16-10-6-5-9-15(16)22/h5-6,9-13,27-28H,2-4,7-8H2,1H3,(H,24,29). The molecule has 3 aromatic rings. The third-order valence-electron chi connectivity index (χ3n) is 5.80. The Kier molecular flexibility index (Phi) is 6.02. The number of halogens is 1. The van der Waals surface area contributed by atoms with Gasteiger partial charge >= 0.3 is 6.01 Å². The highest BCUT2D eigenvalue weighted by Crippen LogP contribution is 2.40. The molecule has 0 spiro atoms. The van der Waals surface area contributed by atoms with Crippen molar-refractivity contribution in [2.45, 2.75) is 43.0 Å². The van der Waals surface area contributed by atoms with Crippen LogP contribution in [0.1, 0.15) is 32.1 Å². The zero-order valence-electron chi connectivity index (χ0n) is 17.3. The van der Waals surface area contributed by atoms with E-state index in [1.54, 1.807) is 24.3 Å². The van der Waals surface area contributed by atoms with Crippen molar-refractivity contribution in [3.63, 3.8) is 0 Å². The highest BCUT2D eigenvalue weighted by molar-refractivity contribution is 7.89. The predicted octanol–water partition coefficient (Wildman–Crippen LogP) is 3.66. The van der Waals surface area contributed by atoms with Gasteiger partial charge in [-0.05, 0) is 31.0 Å². The minimum absolute atomic E-state index is 0.0360. The van der Waals surface area contributed by atoms with Gasteiger partial charge in [0.2, 0.25) is 10.0 Å². The fourth-order valence-electron chi connectivity index (χ4n) is 4.04. The lowest BCUT2D eigenvalue weighted by Gasteiger charge is -2.30. The van der Waals surface area contributed by atoms with Crippen LogP contribution in [0.2, 0.25) is 5.02 Å². The molecule has 1 saturated carbocycles. The van der Waals surface area contributed by atoms with Crippen LogP contribution in [0.25, 0.3) is 17.1 Å². The maximum Gasteiger partial charge on any atom is 0.319 e. The van der Waals surface area contributed by atoms with E-state index in [4.69, 9.17) is 11.6 Å². The van der Waals surface area contributed by atoms with E-state index in [1.807, 2.05) is 0 Å². The summed E-state index contributed by atoms with van der Waals surface area (Å²) < 4.78 is 29.1. The zero-order valence-corrected chi connectivity index (χ0v) is 18.9. The Morgan fingerprint density at radius 1 is 1.03 bits per heavy atom. The Bertz CT molecular complexity index is 1260. The lowest BCUT2D eigenvalue weighted by molar-refractivity contribution is 0.285. The average molecular weight is 479 g/mol. The topological polar surface area (TPSA) is 129 Å². The zero-order chi connectivity index (χ0) is 23.0. The lowest BCUT2D eigenvalue weighted by Crippen LogP contribution is -2.38. The quantitative estimate of drug-likeness (QED) is 0.510. The molecule has 1 aliphatic carbocycles. The summed E-state index contributed by atoms with van der Waals surface area (Å²) in [4.78, 5) is -0.369. The van der Waals surface area contributed by atoms with Gasteiger partial charge in [-0.1, -0.05) is 48.1 Å². The summed E-state index contributed by atoms with van der Waals surface area (Å²) in [5.74, 6) is -1.05. The fourth-order valence-corrected chi connectivity index (χ4v) is 5.77. The lowest BCUT2D eigenvalue weighted by atomic mass is 9.96. The third kappa shape index (κ3) is 3.89. The van der Waals surface area contributed by atoms with E-state index in [1.165, 1.54) is 15.9 Å². The van der Waals surface area contributed by atoms with Gasteiger partial charge in [-0.2, -0.15) is 4.31 Å². The number of aromatic nitrogens is 3. The minimum atomic E-state index is -4.07. The molecule has 2 aromatic carbocycles. The molecule has 32 heavy (non-hydrogen) atoms. The molecule has 0 atom stereocenters. The summed E-state index contributed by atoms with van der Waals surface area (Å²) in [5.41, 5.74) is 0.300. The van der Waals surface area contributed by atoms with Crippen LogP contribution >= 0.6 is 11.6 Å². The molecule has 4 rings (SSSR count). The molecule has 1 fully saturated rings. The summed E-state index contributed by atoms with van der Waals surface area (Å²) in [7, 11) is -2.57. The first-order valence-corrected chi connectivity index (χ1v) is 12.0. The van der Waals surface area contributed by atoms with Crippen LogP contribution in [0.5, 0.6) is 17.5 Å². The number of hydrogen-bond donors (Lipinski definition) is 3. The molecule has 1 heterocycles. The number of phenolic OH excluding ortho intramolecular Hbond substituents is 2. The third-order valence-corrected chi connectivity index (χ3v) is 8.06. The number of aromatic hydroxyl groups is 3. The average Bonchev–Trinajstić information content (AvgIpc) is 3.15. The molecule has 3 N–H and O–H groups in total. The Morgan fingerprint density at radius 2 is 1.72 bits per heavy atom. The molecule has 0 radical (unpaired) electrons. The SMILES string of the molecule is CN(C1CCCCC1)S(=O)(=O)c1cc(-c2nnc(O)n2-c2ccccc2Cl)c(O)cc1O. The van der Waals surface area contributed by atoms with Crippen molar-refractivity contribution in [3.05, 3.63) is 41.4 Å². The molecular weight excluding hydrogens is 456 g/mol. The van der Waals surface area contributed by atoms with Crippen LogP contribution in [0.15, 0.2) is 41.3 Å². The highest BCUT2D eigenvalue weighted by atomic mass is 35.5. The summed E-state index contributed by atoms with van der Waals surface area (Å²) >= 11 is 6.25. The molecule has 0 unspecified atom stereocenters. The van der Waals surface area contributed by atoms with Gasteiger partial charge in [0, 0.05) is 19.2 Å². The van der Waals surface area contributed by atoms with Crippen molar-refractivity contribution in [2.75, 3.05) is 7.05 Å². The second-order valence-corrected chi connectivity index (χ2v) is 10.1. The normalized spacial score (nSPS) is 15.3. The number of rotatable bonds is 5. The molecule has 0 bridgehead atoms. The van der Waals surface area contributed by atoms with Gasteiger partial charge < -0.3 is 15.3 Å². The van der Waals surface area contributed by atoms with Gasteiger partial charge in [0.25, 0.3) is 0 Å². The van der Waals surface area contributed by atoms with Crippen LogP contribution in [-0.2, 0) is 10.0 Å². The highest BCUT2D eigenvalue weighted by Gasteiger charge is 2.33. The van der Waals surface area contributed by atoms with Crippen molar-refractivity contribution in [1.82, 2.24) is 19.1 Å². The summed E-state index contributed by atoms with van der Waals surface area (Å²) in [6, 6.07) is 8.03. The van der Waals surface area contributed by atoms with Gasteiger partial charge in [-0.25, -0.2) is 13.0 Å². The molecule has 11 heteroatoms. The van der Waals surface area contributed by atoms with E-state index in [-0.39, 0.29) is 27.3 Å². The van der Waals surface area contributed by atoms with Crippen molar-refractivity contribution >= 4 is 21.6 Å². The number of phenols is 2. The maximum atomic E-state index is 13.3. The van der Waals surface area contributed by atoms with Crippen molar-refractivity contribution in [2.24, 2.45) is 0 Å². The number of hydrogen-bond acceptors (Lipinski definition) is 7. The molecule has 1 aromatic heterocycles. The second kappa shape index (κ2) is 8.61. The van der Waals surface area contributed by atoms with Gasteiger partial charge in [0.15, 0.2) is 5.82 Å². The smallest absolute Gasteiger partial charge is 0.319 e. The van der Waals surface area contributed by atoms with Crippen LogP contribution in [-0.4, -0.2) is 55.9 Å². The van der Waals surface area contributed by atoms with Crippen molar-refractivity contribution < 1.29 is 23.7 Å². The molecule has 0 saturated heterocycles. The Hall–Kier alpha value is -2.82.